The maximum Gasteiger partial charge on any atom is 0.0779 e. The number of hydrogen-bond donors (Lipinski definition) is 1. The zero-order chi connectivity index (χ0) is 14.1. The van der Waals surface area contributed by atoms with Crippen LogP contribution in [0.4, 0.5) is 5.69 Å². The van der Waals surface area contributed by atoms with Gasteiger partial charge in [-0.2, -0.15) is 0 Å². The first-order valence-electron chi connectivity index (χ1n) is 7.88. The van der Waals surface area contributed by atoms with Crippen LogP contribution in [0, 0.1) is 6.92 Å². The maximum atomic E-state index is 5.92. The highest BCUT2D eigenvalue weighted by atomic mass is 16.5. The number of hydrogen-bond acceptors (Lipinski definition) is 3. The Morgan fingerprint density at radius 2 is 2.25 bits per heavy atom. The lowest BCUT2D eigenvalue weighted by Crippen LogP contribution is -2.48. The van der Waals surface area contributed by atoms with Gasteiger partial charge in [-0.05, 0) is 62.8 Å². The molecular weight excluding hydrogens is 248 g/mol. The molecule has 110 valence electrons. The van der Waals surface area contributed by atoms with E-state index >= 15 is 0 Å². The van der Waals surface area contributed by atoms with Gasteiger partial charge >= 0.3 is 0 Å². The highest BCUT2D eigenvalue weighted by molar-refractivity contribution is 5.52. The summed E-state index contributed by atoms with van der Waals surface area (Å²) < 4.78 is 5.90. The van der Waals surface area contributed by atoms with Gasteiger partial charge in [-0.25, -0.2) is 0 Å². The number of benzene rings is 1. The number of fused-ring (bicyclic) bond motifs is 1. The summed E-state index contributed by atoms with van der Waals surface area (Å²) in [6.45, 7) is 6.15. The number of anilines is 1. The molecule has 1 saturated heterocycles. The highest BCUT2D eigenvalue weighted by Gasteiger charge is 2.36. The monoisotopic (exact) mass is 274 g/mol. The van der Waals surface area contributed by atoms with Crippen molar-refractivity contribution < 1.29 is 4.74 Å². The van der Waals surface area contributed by atoms with E-state index in [1.54, 1.807) is 0 Å². The van der Waals surface area contributed by atoms with Gasteiger partial charge in [0, 0.05) is 18.3 Å². The predicted octanol–water partition coefficient (Wildman–Crippen LogP) is 2.64. The molecule has 1 heterocycles. The van der Waals surface area contributed by atoms with E-state index in [1.807, 2.05) is 0 Å². The lowest BCUT2D eigenvalue weighted by atomic mass is 10.0. The molecule has 1 saturated carbocycles. The van der Waals surface area contributed by atoms with Crippen LogP contribution < -0.4 is 10.6 Å². The van der Waals surface area contributed by atoms with Crippen LogP contribution in [-0.2, 0) is 11.2 Å². The Hall–Kier alpha value is -1.06. The molecule has 0 radical (unpaired) electrons. The molecule has 3 rings (SSSR count). The number of rotatable bonds is 3. The molecule has 0 spiro atoms. The van der Waals surface area contributed by atoms with Gasteiger partial charge in [-0.1, -0.05) is 6.07 Å². The van der Waals surface area contributed by atoms with Crippen LogP contribution in [0.15, 0.2) is 18.2 Å². The number of ether oxygens (including phenoxy) is 1. The summed E-state index contributed by atoms with van der Waals surface area (Å²) in [6, 6.07) is 7.67. The van der Waals surface area contributed by atoms with Crippen LogP contribution in [0.3, 0.4) is 0 Å². The van der Waals surface area contributed by atoms with E-state index in [-0.39, 0.29) is 6.04 Å². The molecule has 3 heteroatoms. The van der Waals surface area contributed by atoms with E-state index < -0.39 is 0 Å². The first kappa shape index (κ1) is 13.9. The quantitative estimate of drug-likeness (QED) is 0.921. The third-order valence-electron chi connectivity index (χ3n) is 4.68. The minimum absolute atomic E-state index is 0.224. The fourth-order valence-electron chi connectivity index (χ4n) is 3.68. The summed E-state index contributed by atoms with van der Waals surface area (Å²) in [4.78, 5) is 2.56. The number of aryl methyl sites for hydroxylation is 1. The Morgan fingerprint density at radius 3 is 3.00 bits per heavy atom. The van der Waals surface area contributed by atoms with Crippen molar-refractivity contribution in [1.29, 1.82) is 0 Å². The largest absolute Gasteiger partial charge is 0.374 e. The van der Waals surface area contributed by atoms with Crippen LogP contribution in [0.2, 0.25) is 0 Å². The zero-order valence-corrected chi connectivity index (χ0v) is 12.6. The van der Waals surface area contributed by atoms with E-state index in [0.29, 0.717) is 12.1 Å². The molecule has 0 amide bonds. The van der Waals surface area contributed by atoms with Crippen molar-refractivity contribution in [3.05, 3.63) is 29.3 Å². The van der Waals surface area contributed by atoms with Crippen LogP contribution in [0.5, 0.6) is 0 Å². The lowest BCUT2D eigenvalue weighted by Gasteiger charge is -2.39. The molecule has 0 bridgehead atoms. The Labute approximate surface area is 122 Å². The molecule has 0 aromatic heterocycles. The van der Waals surface area contributed by atoms with Crippen molar-refractivity contribution in [3.8, 4) is 0 Å². The minimum atomic E-state index is 0.224. The fourth-order valence-corrected chi connectivity index (χ4v) is 3.68. The van der Waals surface area contributed by atoms with Gasteiger partial charge in [-0.3, -0.25) is 0 Å². The molecule has 1 aliphatic heterocycles. The van der Waals surface area contributed by atoms with Crippen molar-refractivity contribution in [2.24, 2.45) is 5.73 Å². The average Bonchev–Trinajstić information content (AvgIpc) is 2.88. The van der Waals surface area contributed by atoms with Crippen LogP contribution in [-0.4, -0.2) is 31.3 Å². The van der Waals surface area contributed by atoms with Gasteiger partial charge in [0.2, 0.25) is 0 Å². The molecule has 3 nitrogen and oxygen atoms in total. The van der Waals surface area contributed by atoms with E-state index in [2.05, 4.69) is 36.9 Å². The highest BCUT2D eigenvalue weighted by Crippen LogP contribution is 2.33. The second-order valence-electron chi connectivity index (χ2n) is 6.39. The second kappa shape index (κ2) is 5.74. The Bertz CT molecular complexity index is 472. The van der Waals surface area contributed by atoms with Gasteiger partial charge in [0.05, 0.1) is 18.8 Å². The summed E-state index contributed by atoms with van der Waals surface area (Å²) in [5.74, 6) is 0. The Kier molecular flexibility index (Phi) is 3.99. The summed E-state index contributed by atoms with van der Waals surface area (Å²) >= 11 is 0. The summed E-state index contributed by atoms with van der Waals surface area (Å²) in [5.41, 5.74) is 10.0. The van der Waals surface area contributed by atoms with Crippen molar-refractivity contribution in [2.45, 2.75) is 57.7 Å². The van der Waals surface area contributed by atoms with Crippen molar-refractivity contribution >= 4 is 5.69 Å². The minimum Gasteiger partial charge on any atom is -0.374 e. The molecule has 3 unspecified atom stereocenters. The normalized spacial score (nSPS) is 27.4. The molecule has 1 aromatic rings. The van der Waals surface area contributed by atoms with Gasteiger partial charge in [0.15, 0.2) is 0 Å². The predicted molar refractivity (Wildman–Crippen MR) is 83.3 cm³/mol. The summed E-state index contributed by atoms with van der Waals surface area (Å²) in [6.07, 6.45) is 5.20. The number of morpholine rings is 1. The van der Waals surface area contributed by atoms with Gasteiger partial charge in [-0.15, -0.1) is 0 Å². The molecule has 2 N–H and O–H groups in total. The van der Waals surface area contributed by atoms with Gasteiger partial charge < -0.3 is 15.4 Å². The Balaban J connectivity index is 1.81. The standard InChI is InChI=1S/C17H26N2O/c1-12-10-15(7-6-14(12)11-13(2)18)19-8-9-20-17-5-3-4-16(17)19/h6-7,10,13,16-17H,3-5,8-9,11,18H2,1-2H3. The van der Waals surface area contributed by atoms with Crippen LogP contribution in [0.25, 0.3) is 0 Å². The molecule has 3 atom stereocenters. The lowest BCUT2D eigenvalue weighted by molar-refractivity contribution is 0.0256. The summed E-state index contributed by atoms with van der Waals surface area (Å²) in [7, 11) is 0. The van der Waals surface area contributed by atoms with E-state index in [4.69, 9.17) is 10.5 Å². The smallest absolute Gasteiger partial charge is 0.0779 e. The SMILES string of the molecule is Cc1cc(N2CCOC3CCCC32)ccc1CC(C)N. The average molecular weight is 274 g/mol. The van der Waals surface area contributed by atoms with Gasteiger partial charge in [0.25, 0.3) is 0 Å². The first-order chi connectivity index (χ1) is 9.65. The van der Waals surface area contributed by atoms with Crippen LogP contribution >= 0.6 is 0 Å². The van der Waals surface area contributed by atoms with Gasteiger partial charge in [0.1, 0.15) is 0 Å². The molecule has 2 fully saturated rings. The summed E-state index contributed by atoms with van der Waals surface area (Å²) in [5, 5.41) is 0. The second-order valence-corrected chi connectivity index (χ2v) is 6.39. The zero-order valence-electron chi connectivity index (χ0n) is 12.6. The van der Waals surface area contributed by atoms with Crippen LogP contribution in [0.1, 0.15) is 37.3 Å². The van der Waals surface area contributed by atoms with E-state index in [9.17, 15) is 0 Å². The molecule has 2 aliphatic rings. The topological polar surface area (TPSA) is 38.5 Å². The first-order valence-corrected chi connectivity index (χ1v) is 7.88. The third kappa shape index (κ3) is 2.70. The molecular formula is C17H26N2O. The molecule has 20 heavy (non-hydrogen) atoms. The van der Waals surface area contributed by atoms with Crippen molar-refractivity contribution in [3.63, 3.8) is 0 Å². The van der Waals surface area contributed by atoms with E-state index in [0.717, 1.165) is 19.6 Å². The fraction of sp³-hybridized carbons (Fsp3) is 0.647. The Morgan fingerprint density at radius 1 is 1.40 bits per heavy atom. The van der Waals surface area contributed by atoms with Crippen molar-refractivity contribution in [2.75, 3.05) is 18.1 Å². The number of nitrogens with two attached hydrogens (primary N) is 1. The number of nitrogens with zero attached hydrogens (tertiary/aromatic N) is 1. The third-order valence-corrected chi connectivity index (χ3v) is 4.68. The molecule has 1 aliphatic carbocycles. The van der Waals surface area contributed by atoms with Crippen molar-refractivity contribution in [1.82, 2.24) is 0 Å². The van der Waals surface area contributed by atoms with E-state index in [1.165, 1.54) is 36.1 Å². The maximum absolute atomic E-state index is 5.92. The molecule has 1 aromatic carbocycles.